The number of ketones is 2. The summed E-state index contributed by atoms with van der Waals surface area (Å²) < 4.78 is 24.9. The monoisotopic (exact) mass is 1030 g/mol. The minimum Gasteiger partial charge on any atom is -0.495 e. The van der Waals surface area contributed by atoms with E-state index >= 15 is 0 Å². The van der Waals surface area contributed by atoms with Gasteiger partial charge in [-0.3, -0.25) is 34.3 Å². The van der Waals surface area contributed by atoms with Crippen LogP contribution in [0.5, 0.6) is 23.0 Å². The molecule has 2 saturated carbocycles. The Labute approximate surface area is 433 Å². The molecule has 0 atom stereocenters. The molecule has 0 bridgehead atoms. The molecule has 0 aliphatic heterocycles. The van der Waals surface area contributed by atoms with Crippen molar-refractivity contribution in [1.82, 2.24) is 24.8 Å². The van der Waals surface area contributed by atoms with Gasteiger partial charge in [0.05, 0.1) is 54.2 Å². The van der Waals surface area contributed by atoms with E-state index in [1.165, 1.54) is 80.4 Å². The molecule has 0 radical (unpaired) electrons. The molecule has 71 heavy (non-hydrogen) atoms. The van der Waals surface area contributed by atoms with Crippen molar-refractivity contribution in [3.63, 3.8) is 0 Å². The highest BCUT2D eigenvalue weighted by atomic mass is 35.5. The maximum Gasteiger partial charge on any atom is 0.213 e. The molecule has 0 unspecified atom stereocenters. The van der Waals surface area contributed by atoms with E-state index in [0.29, 0.717) is 33.6 Å². The van der Waals surface area contributed by atoms with Crippen LogP contribution in [0.3, 0.4) is 0 Å². The van der Waals surface area contributed by atoms with Crippen LogP contribution >= 0.6 is 45.6 Å². The third-order valence-corrected chi connectivity index (χ3v) is 18.0. The second-order valence-corrected chi connectivity index (χ2v) is 21.9. The standard InChI is InChI=1S/C22H28N2O2S.C20H22N2O2S.C14H12ClNO2S/c1-4-24(15-9-6-5-7-10-15)14-16-13-18-20(25-2)19-17(11-8-12-23-19)21(26-3)22(18)27-16;1-2-22(13-7-4-3-5-8-13)12-14-11-16-18(23)17-15(9-6-10-21-17)19(24)20(16)25-14;1-17-12-10-6-8(7-15)19-14(10)13(18-2)9-4-3-5-16-11(9)12/h8,11-13,15H,4-7,9-10,14H2,1-3H3;6,9-11,13H,2-5,7-8,12H2,1H3;3-6H,7H2,1-2H3. The largest absolute Gasteiger partial charge is 0.495 e. The van der Waals surface area contributed by atoms with Gasteiger partial charge in [0.15, 0.2) is 11.5 Å². The van der Waals surface area contributed by atoms with Crippen molar-refractivity contribution in [2.45, 2.75) is 109 Å². The normalized spacial score (nSPS) is 15.2. The number of aromatic nitrogens is 3. The average molecular weight is 1030 g/mol. The van der Waals surface area contributed by atoms with Crippen molar-refractivity contribution in [3.05, 3.63) is 110 Å². The van der Waals surface area contributed by atoms with Gasteiger partial charge in [-0.15, -0.1) is 45.6 Å². The highest BCUT2D eigenvalue weighted by Crippen LogP contribution is 2.47. The average Bonchev–Trinajstić information content (AvgIpc) is 4.18. The number of nitrogens with zero attached hydrogens (tertiary/aromatic N) is 5. The minimum absolute atomic E-state index is 0.0605. The lowest BCUT2D eigenvalue weighted by atomic mass is 9.93. The minimum atomic E-state index is -0.117. The van der Waals surface area contributed by atoms with E-state index < -0.39 is 0 Å². The fourth-order valence-corrected chi connectivity index (χ4v) is 14.4. The predicted molar refractivity (Wildman–Crippen MR) is 291 cm³/mol. The summed E-state index contributed by atoms with van der Waals surface area (Å²) in [5, 5.41) is 4.08. The first-order valence-corrected chi connectivity index (χ1v) is 27.8. The van der Waals surface area contributed by atoms with Crippen molar-refractivity contribution < 1.29 is 28.5 Å². The summed E-state index contributed by atoms with van der Waals surface area (Å²) in [7, 11) is 6.81. The van der Waals surface area contributed by atoms with Gasteiger partial charge in [0, 0.05) is 85.5 Å². The van der Waals surface area contributed by atoms with E-state index in [1.54, 1.807) is 64.3 Å². The number of thiophene rings is 3. The highest BCUT2D eigenvalue weighted by molar-refractivity contribution is 7.20. The van der Waals surface area contributed by atoms with Crippen LogP contribution in [0.2, 0.25) is 0 Å². The first kappa shape index (κ1) is 50.7. The molecule has 6 heterocycles. The number of ether oxygens (including phenoxy) is 4. The number of carbonyl (C=O) groups excluding carboxylic acids is 2. The number of methoxy groups -OCH3 is 4. The predicted octanol–water partition coefficient (Wildman–Crippen LogP) is 13.9. The Hall–Kier alpha value is -5.22. The molecule has 3 aliphatic carbocycles. The van der Waals surface area contributed by atoms with Crippen LogP contribution in [-0.2, 0) is 19.0 Å². The van der Waals surface area contributed by atoms with Gasteiger partial charge in [-0.1, -0.05) is 52.4 Å². The fourth-order valence-electron chi connectivity index (χ4n) is 10.7. The number of halogens is 1. The summed E-state index contributed by atoms with van der Waals surface area (Å²) in [5.74, 6) is 3.67. The number of alkyl halides is 1. The van der Waals surface area contributed by atoms with Gasteiger partial charge in [0.25, 0.3) is 0 Å². The van der Waals surface area contributed by atoms with Gasteiger partial charge in [-0.25, -0.2) is 0 Å². The van der Waals surface area contributed by atoms with Crippen LogP contribution in [-0.4, -0.2) is 89.9 Å². The quantitative estimate of drug-likeness (QED) is 0.103. The summed E-state index contributed by atoms with van der Waals surface area (Å²) >= 11 is 10.9. The lowest BCUT2D eigenvalue weighted by Gasteiger charge is -2.33. The number of pyridine rings is 3. The van der Waals surface area contributed by atoms with Crippen molar-refractivity contribution in [3.8, 4) is 23.0 Å². The summed E-state index contributed by atoms with van der Waals surface area (Å²) in [4.78, 5) is 47.8. The molecule has 15 heteroatoms. The SMILES string of the molecule is CCN(Cc1cc2c(OC)c3ncccc3c(OC)c2s1)C1CCCCC1.CCN(Cc1cc2c(s1)C(=O)c1cccnc1C2=O)C1CCCCC1.COc1c2cc(CCl)sc2c(OC)c2cccnc12. The summed E-state index contributed by atoms with van der Waals surface area (Å²) in [6, 6.07) is 18.9. The fraction of sp³-hybridized carbons (Fsp3) is 0.411. The molecule has 0 amide bonds. The first-order valence-electron chi connectivity index (χ1n) is 24.8. The lowest BCUT2D eigenvalue weighted by Crippen LogP contribution is -2.35. The van der Waals surface area contributed by atoms with Gasteiger partial charge in [0.1, 0.15) is 28.2 Å². The number of hydrogen-bond donors (Lipinski definition) is 0. The Morgan fingerprint density at radius 1 is 0.549 bits per heavy atom. The molecule has 2 aromatic carbocycles. The molecule has 8 aromatic rings. The van der Waals surface area contributed by atoms with Crippen LogP contribution < -0.4 is 18.9 Å². The topological polar surface area (TPSA) is 116 Å². The van der Waals surface area contributed by atoms with Gasteiger partial charge in [-0.05, 0) is 93.4 Å². The van der Waals surface area contributed by atoms with Gasteiger partial charge in [0.2, 0.25) is 11.6 Å². The van der Waals surface area contributed by atoms with E-state index in [-0.39, 0.29) is 11.6 Å². The summed E-state index contributed by atoms with van der Waals surface area (Å²) in [6.45, 7) is 8.38. The van der Waals surface area contributed by atoms with Gasteiger partial charge in [-0.2, -0.15) is 0 Å². The molecule has 0 saturated heterocycles. The van der Waals surface area contributed by atoms with E-state index in [2.05, 4.69) is 50.7 Å². The Morgan fingerprint density at radius 3 is 1.51 bits per heavy atom. The smallest absolute Gasteiger partial charge is 0.213 e. The molecule has 11 rings (SSSR count). The second kappa shape index (κ2) is 23.1. The van der Waals surface area contributed by atoms with Crippen LogP contribution in [0.15, 0.2) is 73.2 Å². The van der Waals surface area contributed by atoms with Crippen LogP contribution in [0.4, 0.5) is 0 Å². The van der Waals surface area contributed by atoms with Crippen molar-refractivity contribution in [1.29, 1.82) is 0 Å². The molecule has 2 fully saturated rings. The molecule has 372 valence electrons. The third kappa shape index (κ3) is 10.3. The maximum atomic E-state index is 12.7. The van der Waals surface area contributed by atoms with Crippen LogP contribution in [0, 0.1) is 0 Å². The molecular weight excluding hydrogens is 970 g/mol. The molecule has 11 nitrogen and oxygen atoms in total. The number of carbonyl (C=O) groups is 2. The van der Waals surface area contributed by atoms with E-state index in [9.17, 15) is 9.59 Å². The third-order valence-electron chi connectivity index (χ3n) is 14.2. The van der Waals surface area contributed by atoms with E-state index in [0.717, 1.165) is 107 Å². The Balaban J connectivity index is 0.000000134. The van der Waals surface area contributed by atoms with Crippen molar-refractivity contribution in [2.75, 3.05) is 41.5 Å². The highest BCUT2D eigenvalue weighted by Gasteiger charge is 2.34. The Morgan fingerprint density at radius 2 is 1.01 bits per heavy atom. The van der Waals surface area contributed by atoms with Gasteiger partial charge >= 0.3 is 0 Å². The van der Waals surface area contributed by atoms with Gasteiger partial charge < -0.3 is 18.9 Å². The number of rotatable bonds is 13. The molecule has 0 N–H and O–H groups in total. The molecule has 0 spiro atoms. The van der Waals surface area contributed by atoms with Crippen molar-refractivity contribution >= 4 is 99.2 Å². The first-order chi connectivity index (χ1) is 34.7. The molecule has 3 aliphatic rings. The van der Waals surface area contributed by atoms with E-state index in [1.807, 2.05) is 47.9 Å². The Kier molecular flexibility index (Phi) is 16.5. The van der Waals surface area contributed by atoms with E-state index in [4.69, 9.17) is 30.5 Å². The number of hydrogen-bond acceptors (Lipinski definition) is 14. The number of benzene rings is 2. The van der Waals surface area contributed by atoms with Crippen LogP contribution in [0.25, 0.3) is 42.0 Å². The lowest BCUT2D eigenvalue weighted by molar-refractivity contribution is 0.0978. The summed E-state index contributed by atoms with van der Waals surface area (Å²) in [6.07, 6.45) is 18.4. The molecular formula is C56H62ClN5O6S3. The zero-order valence-electron chi connectivity index (χ0n) is 41.5. The zero-order valence-corrected chi connectivity index (χ0v) is 44.7. The second-order valence-electron chi connectivity index (χ2n) is 18.2. The molecule has 6 aromatic heterocycles. The number of fused-ring (bicyclic) bond motifs is 6. The van der Waals surface area contributed by atoms with Crippen molar-refractivity contribution in [2.24, 2.45) is 0 Å². The summed E-state index contributed by atoms with van der Waals surface area (Å²) in [5.41, 5.74) is 2.95. The maximum absolute atomic E-state index is 12.7. The van der Waals surface area contributed by atoms with Crippen LogP contribution in [0.1, 0.15) is 124 Å². The Bertz CT molecular complexity index is 3000. The zero-order chi connectivity index (χ0) is 49.6.